The minimum absolute atomic E-state index is 0.0412. The fourth-order valence-corrected chi connectivity index (χ4v) is 2.86. The van der Waals surface area contributed by atoms with Crippen molar-refractivity contribution in [3.05, 3.63) is 33.8 Å². The summed E-state index contributed by atoms with van der Waals surface area (Å²) in [7, 11) is 0. The molecule has 1 aromatic carbocycles. The summed E-state index contributed by atoms with van der Waals surface area (Å²) in [5.41, 5.74) is 0.750. The molecule has 1 rings (SSSR count). The van der Waals surface area contributed by atoms with Gasteiger partial charge in [0, 0.05) is 37.9 Å². The Kier molecular flexibility index (Phi) is 8.74. The number of nitrogens with one attached hydrogen (secondary N) is 1. The van der Waals surface area contributed by atoms with Crippen LogP contribution in [0.5, 0.6) is 0 Å². The molecule has 2 amide bonds. The van der Waals surface area contributed by atoms with E-state index in [1.807, 2.05) is 39.8 Å². The van der Waals surface area contributed by atoms with Gasteiger partial charge in [-0.1, -0.05) is 43.1 Å². The first-order valence-corrected chi connectivity index (χ1v) is 9.46. The predicted octanol–water partition coefficient (Wildman–Crippen LogP) is 4.43. The quantitative estimate of drug-likeness (QED) is 0.682. The molecule has 0 saturated carbocycles. The summed E-state index contributed by atoms with van der Waals surface area (Å²) in [6, 6.07) is 5.52. The third-order valence-electron chi connectivity index (χ3n) is 4.34. The van der Waals surface area contributed by atoms with Crippen molar-refractivity contribution in [2.45, 2.75) is 52.4 Å². The molecule has 0 spiro atoms. The number of rotatable bonds is 9. The molecule has 1 aromatic rings. The monoisotopic (exact) mass is 386 g/mol. The number of halogens is 2. The molecule has 4 nitrogen and oxygen atoms in total. The van der Waals surface area contributed by atoms with Gasteiger partial charge in [-0.15, -0.1) is 0 Å². The van der Waals surface area contributed by atoms with Crippen LogP contribution in [-0.4, -0.2) is 36.3 Å². The highest BCUT2D eigenvalue weighted by molar-refractivity contribution is 6.42. The summed E-state index contributed by atoms with van der Waals surface area (Å²) in [6.07, 6.45) is 1.32. The molecule has 0 aromatic heterocycles. The molecule has 0 aliphatic rings. The van der Waals surface area contributed by atoms with Crippen molar-refractivity contribution in [3.8, 4) is 0 Å². The highest BCUT2D eigenvalue weighted by Gasteiger charge is 2.22. The molecular weight excluding hydrogens is 359 g/mol. The highest BCUT2D eigenvalue weighted by atomic mass is 35.5. The van der Waals surface area contributed by atoms with Crippen LogP contribution in [-0.2, 0) is 15.0 Å². The lowest BCUT2D eigenvalue weighted by molar-refractivity contribution is -0.131. The van der Waals surface area contributed by atoms with E-state index in [9.17, 15) is 9.59 Å². The lowest BCUT2D eigenvalue weighted by Gasteiger charge is -2.26. The van der Waals surface area contributed by atoms with E-state index in [-0.39, 0.29) is 17.2 Å². The first-order chi connectivity index (χ1) is 11.7. The van der Waals surface area contributed by atoms with E-state index in [0.717, 1.165) is 5.56 Å². The van der Waals surface area contributed by atoms with Gasteiger partial charge in [0.05, 0.1) is 10.0 Å². The zero-order chi connectivity index (χ0) is 19.0. The number of benzene rings is 1. The van der Waals surface area contributed by atoms with Crippen LogP contribution in [0.15, 0.2) is 18.2 Å². The van der Waals surface area contributed by atoms with Crippen molar-refractivity contribution in [1.29, 1.82) is 0 Å². The zero-order valence-corrected chi connectivity index (χ0v) is 17.0. The maximum absolute atomic E-state index is 12.0. The van der Waals surface area contributed by atoms with Crippen LogP contribution in [0.25, 0.3) is 0 Å². The summed E-state index contributed by atoms with van der Waals surface area (Å²) in [5, 5.41) is 3.97. The van der Waals surface area contributed by atoms with Gasteiger partial charge in [0.1, 0.15) is 0 Å². The molecule has 0 atom stereocenters. The van der Waals surface area contributed by atoms with Gasteiger partial charge < -0.3 is 10.2 Å². The fourth-order valence-electron chi connectivity index (χ4n) is 2.56. The van der Waals surface area contributed by atoms with Crippen LogP contribution >= 0.6 is 23.2 Å². The molecule has 6 heteroatoms. The second-order valence-electron chi connectivity index (χ2n) is 6.71. The molecule has 0 heterocycles. The molecule has 0 aliphatic heterocycles. The molecular formula is C19H28Cl2N2O2. The largest absolute Gasteiger partial charge is 0.355 e. The third kappa shape index (κ3) is 6.87. The number of hydrogen-bond donors (Lipinski definition) is 1. The topological polar surface area (TPSA) is 49.4 Å². The molecule has 0 aliphatic carbocycles. The van der Waals surface area contributed by atoms with Crippen LogP contribution in [0.4, 0.5) is 0 Å². The van der Waals surface area contributed by atoms with E-state index in [1.165, 1.54) is 0 Å². The maximum atomic E-state index is 12.0. The van der Waals surface area contributed by atoms with Crippen molar-refractivity contribution in [2.24, 2.45) is 0 Å². The smallest absolute Gasteiger partial charge is 0.222 e. The lowest BCUT2D eigenvalue weighted by Crippen LogP contribution is -2.36. The van der Waals surface area contributed by atoms with Gasteiger partial charge in [0.2, 0.25) is 11.8 Å². The van der Waals surface area contributed by atoms with Crippen LogP contribution in [0.1, 0.15) is 52.5 Å². The summed E-state index contributed by atoms with van der Waals surface area (Å²) < 4.78 is 0. The van der Waals surface area contributed by atoms with Gasteiger partial charge in [-0.05, 0) is 38.0 Å². The standard InChI is InChI=1S/C19H28Cl2N2O2/c1-5-23(6-2)18(25)9-7-8-17(24)22-13-19(3,4)14-10-11-15(20)16(21)12-14/h10-12H,5-9,13H2,1-4H3,(H,22,24). The van der Waals surface area contributed by atoms with E-state index < -0.39 is 0 Å². The normalized spacial score (nSPS) is 11.3. The van der Waals surface area contributed by atoms with Crippen LogP contribution < -0.4 is 5.32 Å². The Balaban J connectivity index is 2.44. The van der Waals surface area contributed by atoms with Gasteiger partial charge >= 0.3 is 0 Å². The Morgan fingerprint density at radius 2 is 1.72 bits per heavy atom. The van der Waals surface area contributed by atoms with Crippen molar-refractivity contribution in [1.82, 2.24) is 10.2 Å². The van der Waals surface area contributed by atoms with E-state index in [4.69, 9.17) is 23.2 Å². The Morgan fingerprint density at radius 3 is 2.28 bits per heavy atom. The SMILES string of the molecule is CCN(CC)C(=O)CCCC(=O)NCC(C)(C)c1ccc(Cl)c(Cl)c1. The highest BCUT2D eigenvalue weighted by Crippen LogP contribution is 2.29. The average Bonchev–Trinajstić information content (AvgIpc) is 2.56. The van der Waals surface area contributed by atoms with Crippen molar-refractivity contribution < 1.29 is 9.59 Å². The summed E-state index contributed by atoms with van der Waals surface area (Å²) in [5.74, 6) is 0.0643. The van der Waals surface area contributed by atoms with E-state index >= 15 is 0 Å². The lowest BCUT2D eigenvalue weighted by atomic mass is 9.84. The minimum Gasteiger partial charge on any atom is -0.355 e. The summed E-state index contributed by atoms with van der Waals surface area (Å²) >= 11 is 12.0. The fraction of sp³-hybridized carbons (Fsp3) is 0.579. The van der Waals surface area contributed by atoms with Crippen molar-refractivity contribution >= 4 is 35.0 Å². The van der Waals surface area contributed by atoms with E-state index in [0.29, 0.717) is 48.9 Å². The number of amides is 2. The van der Waals surface area contributed by atoms with Crippen molar-refractivity contribution in [3.63, 3.8) is 0 Å². The molecule has 0 bridgehead atoms. The number of carbonyl (C=O) groups excluding carboxylic acids is 2. The molecule has 1 N–H and O–H groups in total. The third-order valence-corrected chi connectivity index (χ3v) is 5.08. The van der Waals surface area contributed by atoms with Gasteiger partial charge in [0.15, 0.2) is 0 Å². The Morgan fingerprint density at radius 1 is 1.08 bits per heavy atom. The second-order valence-corrected chi connectivity index (χ2v) is 7.52. The molecule has 0 unspecified atom stereocenters. The predicted molar refractivity (Wildman–Crippen MR) is 104 cm³/mol. The van der Waals surface area contributed by atoms with Gasteiger partial charge in [-0.3, -0.25) is 9.59 Å². The molecule has 0 fully saturated rings. The molecule has 0 saturated heterocycles. The van der Waals surface area contributed by atoms with Crippen LogP contribution in [0.2, 0.25) is 10.0 Å². The Bertz CT molecular complexity index is 599. The minimum atomic E-state index is -0.263. The number of carbonyl (C=O) groups is 2. The first-order valence-electron chi connectivity index (χ1n) is 8.71. The summed E-state index contributed by atoms with van der Waals surface area (Å²) in [6.45, 7) is 9.90. The van der Waals surface area contributed by atoms with Gasteiger partial charge in [0.25, 0.3) is 0 Å². The average molecular weight is 387 g/mol. The maximum Gasteiger partial charge on any atom is 0.222 e. The van der Waals surface area contributed by atoms with Crippen LogP contribution in [0.3, 0.4) is 0 Å². The molecule has 25 heavy (non-hydrogen) atoms. The number of hydrogen-bond acceptors (Lipinski definition) is 2. The second kappa shape index (κ2) is 10.0. The van der Waals surface area contributed by atoms with E-state index in [1.54, 1.807) is 11.0 Å². The number of nitrogens with zero attached hydrogens (tertiary/aromatic N) is 1. The van der Waals surface area contributed by atoms with Gasteiger partial charge in [-0.25, -0.2) is 0 Å². The van der Waals surface area contributed by atoms with Crippen LogP contribution in [0, 0.1) is 0 Å². The van der Waals surface area contributed by atoms with E-state index in [2.05, 4.69) is 5.32 Å². The Hall–Kier alpha value is -1.26. The molecule has 140 valence electrons. The summed E-state index contributed by atoms with van der Waals surface area (Å²) in [4.78, 5) is 25.8. The van der Waals surface area contributed by atoms with Gasteiger partial charge in [-0.2, -0.15) is 0 Å². The Labute approximate surface area is 160 Å². The molecule has 0 radical (unpaired) electrons. The van der Waals surface area contributed by atoms with Crippen molar-refractivity contribution in [2.75, 3.05) is 19.6 Å². The first kappa shape index (κ1) is 21.8. The zero-order valence-electron chi connectivity index (χ0n) is 15.5.